The minimum atomic E-state index is -4.54. The molecule has 6 nitrogen and oxygen atoms in total. The van der Waals surface area contributed by atoms with Gasteiger partial charge in [0.15, 0.2) is 0 Å². The first-order valence-electron chi connectivity index (χ1n) is 12.1. The van der Waals surface area contributed by atoms with Crippen LogP contribution in [-0.2, 0) is 38.2 Å². The number of alkyl halides is 3. The molecule has 0 aliphatic heterocycles. The molecule has 0 saturated heterocycles. The van der Waals surface area contributed by atoms with Crippen molar-refractivity contribution in [3.8, 4) is 16.9 Å². The van der Waals surface area contributed by atoms with Gasteiger partial charge in [0, 0.05) is 23.7 Å². The first kappa shape index (κ1) is 30.0. The molecule has 10 heteroatoms. The Bertz CT molecular complexity index is 1300. The van der Waals surface area contributed by atoms with Crippen molar-refractivity contribution in [1.82, 2.24) is 5.32 Å². The molecule has 39 heavy (non-hydrogen) atoms. The minimum Gasteiger partial charge on any atom is -0.496 e. The number of nitrogens with one attached hydrogen (secondary N) is 1. The van der Waals surface area contributed by atoms with E-state index in [4.69, 9.17) is 25.8 Å². The van der Waals surface area contributed by atoms with Gasteiger partial charge in [0.25, 0.3) is 0 Å². The number of ether oxygens (including phenoxy) is 3. The van der Waals surface area contributed by atoms with E-state index in [0.29, 0.717) is 33.0 Å². The molecule has 0 aromatic heterocycles. The molecule has 3 rings (SSSR count). The van der Waals surface area contributed by atoms with Crippen molar-refractivity contribution in [1.29, 1.82) is 0 Å². The van der Waals surface area contributed by atoms with Crippen LogP contribution in [0.3, 0.4) is 0 Å². The smallest absolute Gasteiger partial charge is 0.416 e. The summed E-state index contributed by atoms with van der Waals surface area (Å²) >= 11 is 5.89. The highest BCUT2D eigenvalue weighted by Gasteiger charge is 2.31. The van der Waals surface area contributed by atoms with Crippen molar-refractivity contribution in [3.63, 3.8) is 0 Å². The topological polar surface area (TPSA) is 73.9 Å². The van der Waals surface area contributed by atoms with Crippen molar-refractivity contribution in [2.75, 3.05) is 20.8 Å². The van der Waals surface area contributed by atoms with Gasteiger partial charge in [0.05, 0.1) is 32.6 Å². The van der Waals surface area contributed by atoms with Crippen LogP contribution in [0.25, 0.3) is 11.1 Å². The Labute approximate surface area is 230 Å². The SMILES string of the molecule is COC(=O)Cc1ccc(OC)c(-c2ccc(C(F)(F)F)cc2CNCCC(=O)OC(C)c2ccc(Cl)cc2)c1. The van der Waals surface area contributed by atoms with Gasteiger partial charge < -0.3 is 19.5 Å². The van der Waals surface area contributed by atoms with Crippen molar-refractivity contribution in [2.24, 2.45) is 0 Å². The molecule has 1 atom stereocenters. The number of hydrogen-bond acceptors (Lipinski definition) is 6. The van der Waals surface area contributed by atoms with Gasteiger partial charge in [0.1, 0.15) is 11.9 Å². The lowest BCUT2D eigenvalue weighted by Gasteiger charge is -2.18. The molecule has 0 fully saturated rings. The Kier molecular flexibility index (Phi) is 10.4. The summed E-state index contributed by atoms with van der Waals surface area (Å²) in [5.74, 6) is -0.464. The van der Waals surface area contributed by atoms with Crippen LogP contribution in [0.5, 0.6) is 5.75 Å². The van der Waals surface area contributed by atoms with E-state index in [1.54, 1.807) is 49.4 Å². The van der Waals surface area contributed by atoms with E-state index in [1.165, 1.54) is 20.3 Å². The van der Waals surface area contributed by atoms with Crippen LogP contribution in [0.1, 0.15) is 41.7 Å². The van der Waals surface area contributed by atoms with E-state index in [9.17, 15) is 22.8 Å². The molecule has 0 aliphatic carbocycles. The molecule has 208 valence electrons. The highest BCUT2D eigenvalue weighted by atomic mass is 35.5. The number of hydrogen-bond donors (Lipinski definition) is 1. The Morgan fingerprint density at radius 3 is 2.31 bits per heavy atom. The van der Waals surface area contributed by atoms with Gasteiger partial charge in [-0.15, -0.1) is 0 Å². The van der Waals surface area contributed by atoms with Gasteiger partial charge in [-0.3, -0.25) is 9.59 Å². The van der Waals surface area contributed by atoms with E-state index in [-0.39, 0.29) is 25.9 Å². The summed E-state index contributed by atoms with van der Waals surface area (Å²) in [4.78, 5) is 24.1. The van der Waals surface area contributed by atoms with Crippen LogP contribution in [0, 0.1) is 0 Å². The molecule has 0 bridgehead atoms. The first-order chi connectivity index (χ1) is 18.5. The maximum absolute atomic E-state index is 13.5. The zero-order valence-electron chi connectivity index (χ0n) is 21.7. The highest BCUT2D eigenvalue weighted by molar-refractivity contribution is 6.30. The molecule has 0 heterocycles. The maximum Gasteiger partial charge on any atom is 0.416 e. The summed E-state index contributed by atoms with van der Waals surface area (Å²) in [5.41, 5.74) is 1.98. The Morgan fingerprint density at radius 1 is 0.949 bits per heavy atom. The number of methoxy groups -OCH3 is 2. The average molecular weight is 564 g/mol. The normalized spacial score (nSPS) is 12.1. The largest absolute Gasteiger partial charge is 0.496 e. The van der Waals surface area contributed by atoms with Crippen LogP contribution >= 0.6 is 11.6 Å². The zero-order chi connectivity index (χ0) is 28.6. The van der Waals surface area contributed by atoms with Gasteiger partial charge in [0.2, 0.25) is 0 Å². The van der Waals surface area contributed by atoms with E-state index >= 15 is 0 Å². The summed E-state index contributed by atoms with van der Waals surface area (Å²) in [7, 11) is 2.73. The second-order valence-electron chi connectivity index (χ2n) is 8.77. The third kappa shape index (κ3) is 8.46. The average Bonchev–Trinajstić information content (AvgIpc) is 2.90. The number of esters is 2. The minimum absolute atomic E-state index is 0.00172. The second-order valence-corrected chi connectivity index (χ2v) is 9.20. The summed E-state index contributed by atoms with van der Waals surface area (Å²) in [6.45, 7) is 1.97. The van der Waals surface area contributed by atoms with Crippen molar-refractivity contribution in [2.45, 2.75) is 38.6 Å². The van der Waals surface area contributed by atoms with Crippen LogP contribution in [-0.4, -0.2) is 32.7 Å². The fourth-order valence-electron chi connectivity index (χ4n) is 3.96. The number of rotatable bonds is 11. The fraction of sp³-hybridized carbons (Fsp3) is 0.310. The van der Waals surface area contributed by atoms with E-state index in [1.807, 2.05) is 0 Å². The summed E-state index contributed by atoms with van der Waals surface area (Å²) in [5, 5.41) is 3.61. The summed E-state index contributed by atoms with van der Waals surface area (Å²) < 4.78 is 56.1. The van der Waals surface area contributed by atoms with Crippen molar-refractivity contribution >= 4 is 23.5 Å². The van der Waals surface area contributed by atoms with Gasteiger partial charge >= 0.3 is 18.1 Å². The van der Waals surface area contributed by atoms with Gasteiger partial charge in [-0.2, -0.15) is 13.2 Å². The third-order valence-corrected chi connectivity index (χ3v) is 6.28. The molecule has 0 saturated carbocycles. The number of carbonyl (C=O) groups is 2. The predicted octanol–water partition coefficient (Wildman–Crippen LogP) is 6.53. The molecule has 0 amide bonds. The lowest BCUT2D eigenvalue weighted by atomic mass is 9.94. The van der Waals surface area contributed by atoms with Crippen LogP contribution < -0.4 is 10.1 Å². The molecule has 0 radical (unpaired) electrons. The van der Waals surface area contributed by atoms with E-state index < -0.39 is 29.8 Å². The molecule has 0 aliphatic rings. The molecule has 3 aromatic rings. The molecule has 0 spiro atoms. The fourth-order valence-corrected chi connectivity index (χ4v) is 4.09. The zero-order valence-corrected chi connectivity index (χ0v) is 22.5. The van der Waals surface area contributed by atoms with Gasteiger partial charge in [-0.1, -0.05) is 35.9 Å². The quantitative estimate of drug-likeness (QED) is 0.211. The van der Waals surface area contributed by atoms with Gasteiger partial charge in [-0.25, -0.2) is 0 Å². The Morgan fingerprint density at radius 2 is 1.67 bits per heavy atom. The number of benzene rings is 3. The predicted molar refractivity (Wildman–Crippen MR) is 141 cm³/mol. The molecule has 1 unspecified atom stereocenters. The lowest BCUT2D eigenvalue weighted by Crippen LogP contribution is -2.20. The standard InChI is InChI=1S/C29H29ClF3NO5/c1-18(20-5-8-23(30)9-6-20)39-27(35)12-13-34-17-21-16-22(29(31,32)33)7-10-24(21)25-14-19(15-28(36)38-3)4-11-26(25)37-2/h4-11,14,16,18,34H,12-13,15,17H2,1-3H3. The maximum atomic E-state index is 13.5. The second kappa shape index (κ2) is 13.5. The monoisotopic (exact) mass is 563 g/mol. The molecule has 1 N–H and O–H groups in total. The van der Waals surface area contributed by atoms with Crippen LogP contribution in [0.2, 0.25) is 5.02 Å². The first-order valence-corrected chi connectivity index (χ1v) is 12.5. The van der Waals surface area contributed by atoms with Crippen molar-refractivity contribution in [3.05, 3.63) is 87.9 Å². The van der Waals surface area contributed by atoms with Crippen LogP contribution in [0.15, 0.2) is 60.7 Å². The number of halogens is 4. The molecule has 3 aromatic carbocycles. The lowest BCUT2D eigenvalue weighted by molar-refractivity contribution is -0.148. The Balaban J connectivity index is 1.75. The molecular formula is C29H29ClF3NO5. The highest BCUT2D eigenvalue weighted by Crippen LogP contribution is 2.37. The summed E-state index contributed by atoms with van der Waals surface area (Å²) in [6.07, 6.45) is -5.00. The Hall–Kier alpha value is -3.56. The third-order valence-electron chi connectivity index (χ3n) is 6.03. The van der Waals surface area contributed by atoms with Crippen molar-refractivity contribution < 1.29 is 37.0 Å². The van der Waals surface area contributed by atoms with E-state index in [0.717, 1.165) is 17.7 Å². The summed E-state index contributed by atoms with van der Waals surface area (Å²) in [6, 6.07) is 15.4. The van der Waals surface area contributed by atoms with Gasteiger partial charge in [-0.05, 0) is 65.6 Å². The van der Waals surface area contributed by atoms with E-state index in [2.05, 4.69) is 5.32 Å². The molecular weight excluding hydrogens is 535 g/mol. The van der Waals surface area contributed by atoms with Crippen LogP contribution in [0.4, 0.5) is 13.2 Å². The number of carbonyl (C=O) groups excluding carboxylic acids is 2.